The van der Waals surface area contributed by atoms with Gasteiger partial charge in [-0.1, -0.05) is 11.6 Å². The number of hydrogen-bond donors (Lipinski definition) is 3. The van der Waals surface area contributed by atoms with Crippen molar-refractivity contribution < 1.29 is 4.79 Å². The fourth-order valence-electron chi connectivity index (χ4n) is 3.19. The van der Waals surface area contributed by atoms with Crippen LogP contribution in [-0.4, -0.2) is 45.5 Å². The first-order valence-corrected chi connectivity index (χ1v) is 9.20. The van der Waals surface area contributed by atoms with Crippen molar-refractivity contribution in [2.45, 2.75) is 13.0 Å². The summed E-state index contributed by atoms with van der Waals surface area (Å²) in [5.74, 6) is 1.22. The summed E-state index contributed by atoms with van der Waals surface area (Å²) in [6, 6.07) is 7.38. The Bertz CT molecular complexity index is 1040. The number of piperazine rings is 1. The number of amides is 1. The number of nitrogens with one attached hydrogen (secondary N) is 2. The molecule has 9 nitrogen and oxygen atoms in total. The van der Waals surface area contributed by atoms with E-state index in [4.69, 9.17) is 22.3 Å². The zero-order chi connectivity index (χ0) is 19.7. The molecule has 0 bridgehead atoms. The van der Waals surface area contributed by atoms with Gasteiger partial charge in [0.2, 0.25) is 17.8 Å². The van der Waals surface area contributed by atoms with Gasteiger partial charge in [0.05, 0.1) is 18.1 Å². The first-order chi connectivity index (χ1) is 13.5. The fraction of sp³-hybridized carbons (Fsp3) is 0.278. The maximum atomic E-state index is 11.9. The molecule has 1 unspecified atom stereocenters. The van der Waals surface area contributed by atoms with Crippen LogP contribution >= 0.6 is 11.6 Å². The molecule has 10 heteroatoms. The molecule has 3 aromatic rings. The van der Waals surface area contributed by atoms with Crippen LogP contribution in [0.1, 0.15) is 18.5 Å². The second kappa shape index (κ2) is 7.43. The second-order valence-electron chi connectivity index (χ2n) is 6.54. The van der Waals surface area contributed by atoms with E-state index in [9.17, 15) is 4.79 Å². The van der Waals surface area contributed by atoms with Gasteiger partial charge in [0.15, 0.2) is 0 Å². The molecule has 0 spiro atoms. The third-order valence-corrected chi connectivity index (χ3v) is 4.76. The minimum absolute atomic E-state index is 0.0268. The smallest absolute Gasteiger partial charge is 0.239 e. The third kappa shape index (κ3) is 3.74. The largest absolute Gasteiger partial charge is 0.368 e. The van der Waals surface area contributed by atoms with Crippen molar-refractivity contribution >= 4 is 46.1 Å². The van der Waals surface area contributed by atoms with E-state index in [0.717, 1.165) is 22.3 Å². The lowest BCUT2D eigenvalue weighted by Gasteiger charge is -2.31. The number of pyridine rings is 1. The summed E-state index contributed by atoms with van der Waals surface area (Å²) in [5.41, 5.74) is 7.36. The first kappa shape index (κ1) is 18.2. The van der Waals surface area contributed by atoms with Crippen molar-refractivity contribution in [1.82, 2.24) is 25.3 Å². The SMILES string of the molecule is CC(Nc1ncnc(N)n1)c1cc2cc(Cl)ccc2nc1N1CCNC(=O)C1. The Morgan fingerprint density at radius 3 is 2.93 bits per heavy atom. The summed E-state index contributed by atoms with van der Waals surface area (Å²) in [4.78, 5) is 30.7. The highest BCUT2D eigenvalue weighted by molar-refractivity contribution is 6.31. The number of nitrogen functional groups attached to an aromatic ring is 1. The molecule has 4 rings (SSSR count). The lowest BCUT2D eigenvalue weighted by Crippen LogP contribution is -2.48. The molecule has 1 atom stereocenters. The van der Waals surface area contributed by atoms with Crippen LogP contribution in [0.2, 0.25) is 5.02 Å². The third-order valence-electron chi connectivity index (χ3n) is 4.53. The number of aromatic nitrogens is 4. The van der Waals surface area contributed by atoms with Crippen LogP contribution in [0.25, 0.3) is 10.9 Å². The summed E-state index contributed by atoms with van der Waals surface area (Å²) in [5, 5.41) is 7.61. The minimum atomic E-state index is -0.197. The van der Waals surface area contributed by atoms with E-state index in [0.29, 0.717) is 24.1 Å². The Hall–Kier alpha value is -3.20. The molecule has 1 aromatic carbocycles. The normalized spacial score (nSPS) is 15.4. The fourth-order valence-corrected chi connectivity index (χ4v) is 3.38. The molecule has 3 heterocycles. The van der Waals surface area contributed by atoms with Crippen molar-refractivity contribution in [3.05, 3.63) is 41.2 Å². The lowest BCUT2D eigenvalue weighted by atomic mass is 10.0. The number of hydrogen-bond acceptors (Lipinski definition) is 8. The van der Waals surface area contributed by atoms with E-state index in [1.165, 1.54) is 6.33 Å². The molecule has 1 amide bonds. The van der Waals surface area contributed by atoms with Crippen LogP contribution in [-0.2, 0) is 4.79 Å². The number of nitrogens with zero attached hydrogens (tertiary/aromatic N) is 5. The Kier molecular flexibility index (Phi) is 4.82. The first-order valence-electron chi connectivity index (χ1n) is 8.82. The van der Waals surface area contributed by atoms with Gasteiger partial charge in [0.1, 0.15) is 12.1 Å². The standard InChI is InChI=1S/C18H19ClN8O/c1-10(24-18-23-9-22-17(20)26-18)13-7-11-6-12(19)2-3-14(11)25-16(13)27-5-4-21-15(28)8-27/h2-3,6-7,9-10H,4-5,8H2,1H3,(H,21,28)(H3,20,22,23,24,26). The van der Waals surface area contributed by atoms with Gasteiger partial charge >= 0.3 is 0 Å². The van der Waals surface area contributed by atoms with Gasteiger partial charge in [-0.3, -0.25) is 4.79 Å². The van der Waals surface area contributed by atoms with Gasteiger partial charge < -0.3 is 21.3 Å². The topological polar surface area (TPSA) is 122 Å². The summed E-state index contributed by atoms with van der Waals surface area (Å²) >= 11 is 6.16. The summed E-state index contributed by atoms with van der Waals surface area (Å²) in [6.07, 6.45) is 1.35. The Balaban J connectivity index is 1.76. The van der Waals surface area contributed by atoms with E-state index < -0.39 is 0 Å². The minimum Gasteiger partial charge on any atom is -0.368 e. The molecule has 144 valence electrons. The molecule has 1 aliphatic rings. The van der Waals surface area contributed by atoms with Gasteiger partial charge in [0, 0.05) is 29.1 Å². The van der Waals surface area contributed by atoms with Gasteiger partial charge in [0.25, 0.3) is 0 Å². The van der Waals surface area contributed by atoms with Crippen molar-refractivity contribution in [2.24, 2.45) is 0 Å². The van der Waals surface area contributed by atoms with E-state index in [2.05, 4.69) is 25.6 Å². The zero-order valence-corrected chi connectivity index (χ0v) is 15.9. The molecule has 28 heavy (non-hydrogen) atoms. The molecule has 0 saturated carbocycles. The van der Waals surface area contributed by atoms with Gasteiger partial charge in [-0.15, -0.1) is 0 Å². The molecule has 1 aliphatic heterocycles. The molecular weight excluding hydrogens is 380 g/mol. The number of carbonyl (C=O) groups excluding carboxylic acids is 1. The number of fused-ring (bicyclic) bond motifs is 1. The molecule has 0 radical (unpaired) electrons. The number of anilines is 3. The Morgan fingerprint density at radius 1 is 1.29 bits per heavy atom. The highest BCUT2D eigenvalue weighted by Crippen LogP contribution is 2.31. The molecular formula is C18H19ClN8O. The average Bonchev–Trinajstić information content (AvgIpc) is 2.67. The summed E-state index contributed by atoms with van der Waals surface area (Å²) in [7, 11) is 0. The molecule has 4 N–H and O–H groups in total. The summed E-state index contributed by atoms with van der Waals surface area (Å²) in [6.45, 7) is 3.48. The lowest BCUT2D eigenvalue weighted by molar-refractivity contribution is -0.120. The van der Waals surface area contributed by atoms with Crippen molar-refractivity contribution in [3.8, 4) is 0 Å². The maximum absolute atomic E-state index is 11.9. The van der Waals surface area contributed by atoms with Crippen molar-refractivity contribution in [1.29, 1.82) is 0 Å². The van der Waals surface area contributed by atoms with Crippen molar-refractivity contribution in [2.75, 3.05) is 35.6 Å². The van der Waals surface area contributed by atoms with E-state index in [1.54, 1.807) is 6.07 Å². The Morgan fingerprint density at radius 2 is 2.14 bits per heavy atom. The predicted molar refractivity (Wildman–Crippen MR) is 108 cm³/mol. The molecule has 2 aromatic heterocycles. The summed E-state index contributed by atoms with van der Waals surface area (Å²) < 4.78 is 0. The van der Waals surface area contributed by atoms with Crippen molar-refractivity contribution in [3.63, 3.8) is 0 Å². The maximum Gasteiger partial charge on any atom is 0.239 e. The van der Waals surface area contributed by atoms with E-state index >= 15 is 0 Å². The predicted octanol–water partition coefficient (Wildman–Crippen LogP) is 1.76. The van der Waals surface area contributed by atoms with Crippen LogP contribution < -0.4 is 21.3 Å². The highest BCUT2D eigenvalue weighted by atomic mass is 35.5. The molecule has 1 saturated heterocycles. The average molecular weight is 399 g/mol. The van der Waals surface area contributed by atoms with Gasteiger partial charge in [-0.05, 0) is 31.2 Å². The quantitative estimate of drug-likeness (QED) is 0.607. The highest BCUT2D eigenvalue weighted by Gasteiger charge is 2.23. The van der Waals surface area contributed by atoms with Crippen LogP contribution in [0.5, 0.6) is 0 Å². The zero-order valence-electron chi connectivity index (χ0n) is 15.2. The Labute approximate surface area is 166 Å². The molecule has 0 aliphatic carbocycles. The van der Waals surface area contributed by atoms with Crippen LogP contribution in [0.15, 0.2) is 30.6 Å². The van der Waals surface area contributed by atoms with Gasteiger partial charge in [-0.2, -0.15) is 4.98 Å². The number of nitrogens with two attached hydrogens (primary N) is 1. The van der Waals surface area contributed by atoms with Crippen LogP contribution in [0, 0.1) is 0 Å². The van der Waals surface area contributed by atoms with E-state index in [1.807, 2.05) is 30.0 Å². The van der Waals surface area contributed by atoms with Gasteiger partial charge in [-0.25, -0.2) is 15.0 Å². The second-order valence-corrected chi connectivity index (χ2v) is 6.98. The number of rotatable bonds is 4. The molecule has 1 fully saturated rings. The van der Waals surface area contributed by atoms with Crippen LogP contribution in [0.3, 0.4) is 0 Å². The number of carbonyl (C=O) groups is 1. The van der Waals surface area contributed by atoms with Crippen LogP contribution in [0.4, 0.5) is 17.7 Å². The number of halogens is 1. The monoisotopic (exact) mass is 398 g/mol. The number of benzene rings is 1. The van der Waals surface area contributed by atoms with E-state index in [-0.39, 0.29) is 24.4 Å².